The molecule has 21 heavy (non-hydrogen) atoms. The summed E-state index contributed by atoms with van der Waals surface area (Å²) in [5.41, 5.74) is 0.343. The Morgan fingerprint density at radius 3 is 2.38 bits per heavy atom. The van der Waals surface area contributed by atoms with Crippen molar-refractivity contribution < 1.29 is 13.2 Å². The predicted octanol–water partition coefficient (Wildman–Crippen LogP) is 2.10. The second-order valence-electron chi connectivity index (χ2n) is 4.72. The molecule has 0 saturated carbocycles. The van der Waals surface area contributed by atoms with Crippen LogP contribution in [0.15, 0.2) is 18.2 Å². The lowest BCUT2D eigenvalue weighted by molar-refractivity contribution is 0.0698. The Kier molecular flexibility index (Phi) is 5.14. The topological polar surface area (TPSA) is 57.7 Å². The van der Waals surface area contributed by atoms with Crippen LogP contribution >= 0.6 is 23.2 Å². The van der Waals surface area contributed by atoms with Crippen molar-refractivity contribution in [2.24, 2.45) is 0 Å². The zero-order valence-electron chi connectivity index (χ0n) is 11.6. The highest BCUT2D eigenvalue weighted by molar-refractivity contribution is 7.89. The highest BCUT2D eigenvalue weighted by atomic mass is 35.5. The van der Waals surface area contributed by atoms with E-state index < -0.39 is 10.0 Å². The Morgan fingerprint density at radius 1 is 1.19 bits per heavy atom. The number of nitrogens with zero attached hydrogens (tertiary/aromatic N) is 2. The van der Waals surface area contributed by atoms with Gasteiger partial charge in [0.15, 0.2) is 0 Å². The molecule has 1 amide bonds. The molecule has 8 heteroatoms. The molecule has 0 aromatic heterocycles. The monoisotopic (exact) mass is 350 g/mol. The van der Waals surface area contributed by atoms with E-state index in [1.165, 1.54) is 10.4 Å². The fourth-order valence-electron chi connectivity index (χ4n) is 2.18. The fourth-order valence-corrected chi connectivity index (χ4v) is 3.64. The van der Waals surface area contributed by atoms with Crippen LogP contribution in [0.25, 0.3) is 0 Å². The molecule has 0 spiro atoms. The summed E-state index contributed by atoms with van der Waals surface area (Å²) >= 11 is 11.9. The maximum atomic E-state index is 12.4. The van der Waals surface area contributed by atoms with Gasteiger partial charge in [0, 0.05) is 31.2 Å². The van der Waals surface area contributed by atoms with Crippen LogP contribution in [0.3, 0.4) is 0 Å². The van der Waals surface area contributed by atoms with Gasteiger partial charge in [-0.2, -0.15) is 4.31 Å². The minimum Gasteiger partial charge on any atom is -0.336 e. The summed E-state index contributed by atoms with van der Waals surface area (Å²) in [6.45, 7) is 2.92. The van der Waals surface area contributed by atoms with Crippen molar-refractivity contribution in [1.82, 2.24) is 9.21 Å². The second-order valence-corrected chi connectivity index (χ2v) is 7.82. The van der Waals surface area contributed by atoms with Gasteiger partial charge in [0.25, 0.3) is 5.91 Å². The summed E-state index contributed by atoms with van der Waals surface area (Å²) in [5, 5.41) is 0.781. The number of hydrogen-bond donors (Lipinski definition) is 0. The summed E-state index contributed by atoms with van der Waals surface area (Å²) in [6.07, 6.45) is 0. The third kappa shape index (κ3) is 3.69. The Labute approximate surface area is 134 Å². The van der Waals surface area contributed by atoms with Gasteiger partial charge >= 0.3 is 0 Å². The Morgan fingerprint density at radius 2 is 1.81 bits per heavy atom. The fraction of sp³-hybridized carbons (Fsp3) is 0.462. The van der Waals surface area contributed by atoms with E-state index in [1.54, 1.807) is 24.0 Å². The molecule has 1 saturated heterocycles. The smallest absolute Gasteiger partial charge is 0.255 e. The van der Waals surface area contributed by atoms with Gasteiger partial charge < -0.3 is 4.90 Å². The van der Waals surface area contributed by atoms with Crippen molar-refractivity contribution in [2.75, 3.05) is 31.9 Å². The molecule has 0 N–H and O–H groups in total. The minimum absolute atomic E-state index is 0.0705. The van der Waals surface area contributed by atoms with Crippen LogP contribution in [0, 0.1) is 0 Å². The largest absolute Gasteiger partial charge is 0.336 e. The van der Waals surface area contributed by atoms with Gasteiger partial charge in [0.2, 0.25) is 10.0 Å². The molecule has 0 bridgehead atoms. The first-order chi connectivity index (χ1) is 9.85. The van der Waals surface area contributed by atoms with Crippen LogP contribution in [0.2, 0.25) is 10.0 Å². The lowest BCUT2D eigenvalue weighted by Gasteiger charge is -2.34. The summed E-state index contributed by atoms with van der Waals surface area (Å²) < 4.78 is 25.0. The van der Waals surface area contributed by atoms with E-state index in [0.29, 0.717) is 41.8 Å². The number of carbonyl (C=O) groups is 1. The number of halogens is 2. The van der Waals surface area contributed by atoms with E-state index in [2.05, 4.69) is 0 Å². The summed E-state index contributed by atoms with van der Waals surface area (Å²) in [4.78, 5) is 14.0. The maximum absolute atomic E-state index is 12.4. The van der Waals surface area contributed by atoms with Crippen molar-refractivity contribution >= 4 is 39.1 Å². The quantitative estimate of drug-likeness (QED) is 0.838. The lowest BCUT2D eigenvalue weighted by atomic mass is 10.2. The molecule has 1 aliphatic rings. The van der Waals surface area contributed by atoms with Crippen molar-refractivity contribution in [3.05, 3.63) is 33.8 Å². The van der Waals surface area contributed by atoms with E-state index in [9.17, 15) is 13.2 Å². The van der Waals surface area contributed by atoms with Gasteiger partial charge in [-0.25, -0.2) is 8.42 Å². The van der Waals surface area contributed by atoms with Crippen LogP contribution < -0.4 is 0 Å². The van der Waals surface area contributed by atoms with Crippen molar-refractivity contribution in [2.45, 2.75) is 6.92 Å². The molecule has 0 aliphatic carbocycles. The van der Waals surface area contributed by atoms with E-state index >= 15 is 0 Å². The number of sulfonamides is 1. The van der Waals surface area contributed by atoms with Crippen molar-refractivity contribution in [3.63, 3.8) is 0 Å². The molecule has 2 rings (SSSR count). The molecule has 1 aliphatic heterocycles. The van der Waals surface area contributed by atoms with Crippen LogP contribution in [0.5, 0.6) is 0 Å². The summed E-state index contributed by atoms with van der Waals surface area (Å²) in [6, 6.07) is 4.72. The van der Waals surface area contributed by atoms with Crippen molar-refractivity contribution in [1.29, 1.82) is 0 Å². The average Bonchev–Trinajstić information content (AvgIpc) is 2.49. The number of benzene rings is 1. The van der Waals surface area contributed by atoms with Crippen LogP contribution in [0.1, 0.15) is 17.3 Å². The maximum Gasteiger partial charge on any atom is 0.255 e. The molecule has 116 valence electrons. The number of amides is 1. The Hall–Kier alpha value is -0.820. The summed E-state index contributed by atoms with van der Waals surface area (Å²) in [5.74, 6) is -0.155. The predicted molar refractivity (Wildman–Crippen MR) is 83.4 cm³/mol. The normalized spacial score (nSPS) is 17.0. The van der Waals surface area contributed by atoms with Gasteiger partial charge in [0.1, 0.15) is 0 Å². The Bertz CT molecular complexity index is 641. The van der Waals surface area contributed by atoms with Crippen LogP contribution in [0.4, 0.5) is 0 Å². The number of piperazine rings is 1. The molecular formula is C13H16Cl2N2O3S. The van der Waals surface area contributed by atoms with Gasteiger partial charge in [-0.3, -0.25) is 4.79 Å². The van der Waals surface area contributed by atoms with E-state index in [0.717, 1.165) is 0 Å². The SMILES string of the molecule is CCS(=O)(=O)N1CCN(C(=O)c2cc(Cl)ccc2Cl)CC1. The molecule has 1 heterocycles. The van der Waals surface area contributed by atoms with Gasteiger partial charge in [-0.1, -0.05) is 23.2 Å². The highest BCUT2D eigenvalue weighted by Gasteiger charge is 2.28. The average molecular weight is 351 g/mol. The molecule has 1 aromatic carbocycles. The molecule has 5 nitrogen and oxygen atoms in total. The second kappa shape index (κ2) is 6.52. The number of hydrogen-bond acceptors (Lipinski definition) is 3. The van der Waals surface area contributed by atoms with Crippen molar-refractivity contribution in [3.8, 4) is 0 Å². The summed E-state index contributed by atoms with van der Waals surface area (Å²) in [7, 11) is -3.20. The molecular weight excluding hydrogens is 335 g/mol. The first-order valence-corrected chi connectivity index (χ1v) is 8.94. The highest BCUT2D eigenvalue weighted by Crippen LogP contribution is 2.23. The van der Waals surface area contributed by atoms with Gasteiger partial charge in [-0.15, -0.1) is 0 Å². The standard InChI is InChI=1S/C13H16Cl2N2O3S/c1-2-21(19,20)17-7-5-16(6-8-17)13(18)11-9-10(14)3-4-12(11)15/h3-4,9H,2,5-8H2,1H3. The van der Waals surface area contributed by atoms with E-state index in [4.69, 9.17) is 23.2 Å². The molecule has 1 fully saturated rings. The molecule has 0 radical (unpaired) electrons. The van der Waals surface area contributed by atoms with Gasteiger partial charge in [0.05, 0.1) is 16.3 Å². The molecule has 0 unspecified atom stereocenters. The number of rotatable bonds is 3. The van der Waals surface area contributed by atoms with E-state index in [-0.39, 0.29) is 11.7 Å². The van der Waals surface area contributed by atoms with Gasteiger partial charge in [-0.05, 0) is 25.1 Å². The first kappa shape index (κ1) is 16.5. The third-order valence-corrected chi connectivity index (χ3v) is 5.89. The minimum atomic E-state index is -3.20. The molecule has 1 aromatic rings. The Balaban J connectivity index is 2.09. The zero-order chi connectivity index (χ0) is 15.6. The van der Waals surface area contributed by atoms with Crippen LogP contribution in [-0.2, 0) is 10.0 Å². The number of carbonyl (C=O) groups excluding carboxylic acids is 1. The zero-order valence-corrected chi connectivity index (χ0v) is 13.9. The van der Waals surface area contributed by atoms with E-state index in [1.807, 2.05) is 0 Å². The molecule has 0 atom stereocenters. The van der Waals surface area contributed by atoms with Crippen LogP contribution in [-0.4, -0.2) is 55.5 Å². The first-order valence-electron chi connectivity index (χ1n) is 6.57. The third-order valence-electron chi connectivity index (χ3n) is 3.44. The lowest BCUT2D eigenvalue weighted by Crippen LogP contribution is -2.50.